The van der Waals surface area contributed by atoms with E-state index in [1.165, 1.54) is 52.8 Å². The van der Waals surface area contributed by atoms with E-state index in [9.17, 15) is 0 Å². The van der Waals surface area contributed by atoms with Crippen LogP contribution in [0, 0.1) is 0 Å². The van der Waals surface area contributed by atoms with Crippen LogP contribution >= 0.6 is 11.3 Å². The molecular weight excluding hydrogens is 637 g/mol. The molecule has 2 nitrogen and oxygen atoms in total. The van der Waals surface area contributed by atoms with E-state index in [1.54, 1.807) is 0 Å². The Balaban J connectivity index is 1.21. The minimum atomic E-state index is 0.708. The van der Waals surface area contributed by atoms with Crippen LogP contribution in [-0.2, 0) is 0 Å². The van der Waals surface area contributed by atoms with Gasteiger partial charge in [-0.15, -0.1) is 11.3 Å². The van der Waals surface area contributed by atoms with Crippen molar-refractivity contribution in [3.63, 3.8) is 0 Å². The van der Waals surface area contributed by atoms with Crippen molar-refractivity contribution in [1.82, 2.24) is 9.97 Å². The van der Waals surface area contributed by atoms with Crippen molar-refractivity contribution in [2.24, 2.45) is 0 Å². The Kier molecular flexibility index (Phi) is 7.04. The zero-order chi connectivity index (χ0) is 33.7. The summed E-state index contributed by atoms with van der Waals surface area (Å²) in [7, 11) is 0. The van der Waals surface area contributed by atoms with Crippen LogP contribution in [0.4, 0.5) is 0 Å². The summed E-state index contributed by atoms with van der Waals surface area (Å²) in [6, 6.07) is 65.2. The average molecular weight is 667 g/mol. The lowest BCUT2D eigenvalue weighted by Crippen LogP contribution is -1.97. The third-order valence-corrected chi connectivity index (χ3v) is 11.0. The molecule has 0 amide bonds. The Hall–Kier alpha value is -6.42. The van der Waals surface area contributed by atoms with Gasteiger partial charge in [0.25, 0.3) is 0 Å². The predicted molar refractivity (Wildman–Crippen MR) is 217 cm³/mol. The van der Waals surface area contributed by atoms with Crippen molar-refractivity contribution >= 4 is 53.1 Å². The smallest absolute Gasteiger partial charge is 0.160 e. The number of fused-ring (bicyclic) bond motifs is 5. The van der Waals surface area contributed by atoms with E-state index in [1.807, 2.05) is 11.3 Å². The van der Waals surface area contributed by atoms with Crippen molar-refractivity contribution in [2.45, 2.75) is 0 Å². The van der Waals surface area contributed by atoms with Crippen LogP contribution in [0.3, 0.4) is 0 Å². The fourth-order valence-corrected chi connectivity index (χ4v) is 8.43. The largest absolute Gasteiger partial charge is 0.228 e. The molecule has 238 valence electrons. The first-order valence-electron chi connectivity index (χ1n) is 17.2. The highest BCUT2D eigenvalue weighted by Crippen LogP contribution is 2.39. The molecule has 10 rings (SSSR count). The summed E-state index contributed by atoms with van der Waals surface area (Å²) in [5, 5.41) is 7.33. The average Bonchev–Trinajstić information content (AvgIpc) is 3.58. The summed E-state index contributed by atoms with van der Waals surface area (Å²) in [5.41, 5.74) is 9.58. The predicted octanol–water partition coefficient (Wildman–Crippen LogP) is 13.5. The second-order valence-corrected chi connectivity index (χ2v) is 14.1. The van der Waals surface area contributed by atoms with E-state index in [-0.39, 0.29) is 0 Å². The van der Waals surface area contributed by atoms with E-state index >= 15 is 0 Å². The van der Waals surface area contributed by atoms with Crippen molar-refractivity contribution in [2.75, 3.05) is 0 Å². The van der Waals surface area contributed by atoms with Gasteiger partial charge < -0.3 is 0 Å². The van der Waals surface area contributed by atoms with Crippen LogP contribution in [0.1, 0.15) is 0 Å². The topological polar surface area (TPSA) is 25.8 Å². The summed E-state index contributed by atoms with van der Waals surface area (Å²) >= 11 is 1.85. The van der Waals surface area contributed by atoms with Gasteiger partial charge in [0.1, 0.15) is 0 Å². The fraction of sp³-hybridized carbons (Fsp3) is 0. The maximum absolute atomic E-state index is 5.33. The van der Waals surface area contributed by atoms with E-state index in [0.717, 1.165) is 39.2 Å². The Labute approximate surface area is 300 Å². The van der Waals surface area contributed by atoms with E-state index in [0.29, 0.717) is 5.82 Å². The zero-order valence-corrected chi connectivity index (χ0v) is 28.4. The molecule has 0 saturated heterocycles. The Morgan fingerprint density at radius 3 is 1.84 bits per heavy atom. The van der Waals surface area contributed by atoms with Gasteiger partial charge in [-0.2, -0.15) is 0 Å². The molecule has 0 aliphatic heterocycles. The highest BCUT2D eigenvalue weighted by molar-refractivity contribution is 7.25. The molecule has 2 aromatic heterocycles. The highest BCUT2D eigenvalue weighted by Gasteiger charge is 2.16. The maximum atomic E-state index is 5.33. The van der Waals surface area contributed by atoms with Gasteiger partial charge in [0.05, 0.1) is 11.4 Å². The third-order valence-electron chi connectivity index (χ3n) is 9.85. The van der Waals surface area contributed by atoms with Crippen molar-refractivity contribution in [1.29, 1.82) is 0 Å². The van der Waals surface area contributed by atoms with Crippen LogP contribution in [0.25, 0.3) is 97.9 Å². The summed E-state index contributed by atoms with van der Waals surface area (Å²) < 4.78 is 2.60. The monoisotopic (exact) mass is 666 g/mol. The van der Waals surface area contributed by atoms with Gasteiger partial charge in [-0.25, -0.2) is 9.97 Å². The van der Waals surface area contributed by atoms with Gasteiger partial charge >= 0.3 is 0 Å². The molecule has 0 aliphatic rings. The van der Waals surface area contributed by atoms with Gasteiger partial charge in [-0.05, 0) is 86.3 Å². The van der Waals surface area contributed by atoms with Crippen molar-refractivity contribution < 1.29 is 0 Å². The molecule has 0 aliphatic carbocycles. The number of rotatable bonds is 5. The molecule has 0 N–H and O–H groups in total. The van der Waals surface area contributed by atoms with Gasteiger partial charge in [0, 0.05) is 36.9 Å². The van der Waals surface area contributed by atoms with Crippen LogP contribution in [0.2, 0.25) is 0 Å². The number of aromatic nitrogens is 2. The zero-order valence-electron chi connectivity index (χ0n) is 27.6. The van der Waals surface area contributed by atoms with Gasteiger partial charge in [0.2, 0.25) is 0 Å². The van der Waals surface area contributed by atoms with Gasteiger partial charge in [0.15, 0.2) is 5.82 Å². The van der Waals surface area contributed by atoms with Crippen molar-refractivity contribution in [3.05, 3.63) is 182 Å². The van der Waals surface area contributed by atoms with Crippen LogP contribution in [0.15, 0.2) is 182 Å². The van der Waals surface area contributed by atoms with E-state index in [4.69, 9.17) is 9.97 Å². The minimum absolute atomic E-state index is 0.708. The number of hydrogen-bond donors (Lipinski definition) is 0. The molecule has 0 saturated carbocycles. The summed E-state index contributed by atoms with van der Waals surface area (Å²) in [6.07, 6.45) is 0. The second kappa shape index (κ2) is 12.2. The van der Waals surface area contributed by atoms with Gasteiger partial charge in [-0.3, -0.25) is 0 Å². The molecule has 0 fully saturated rings. The first-order chi connectivity index (χ1) is 25.2. The lowest BCUT2D eigenvalue weighted by molar-refractivity contribution is 1.19. The normalized spacial score (nSPS) is 11.5. The standard InChI is InChI=1S/C48H30N2S/c1-2-11-31(12-3-1)37-26-38(35-23-24-43-42-18-8-9-20-46(42)51-47(43)29-35)28-39(27-37)44-30-45(41-19-10-16-33-14-6-7-17-40(33)41)50-48(49-44)36-22-21-32-13-4-5-15-34(32)25-36/h1-30H. The Morgan fingerprint density at radius 2 is 0.961 bits per heavy atom. The van der Waals surface area contributed by atoms with Gasteiger partial charge in [-0.1, -0.05) is 140 Å². The molecule has 0 atom stereocenters. The molecular formula is C48H30N2S. The lowest BCUT2D eigenvalue weighted by Gasteiger charge is -2.14. The van der Waals surface area contributed by atoms with Crippen LogP contribution in [-0.4, -0.2) is 9.97 Å². The Morgan fingerprint density at radius 1 is 0.314 bits per heavy atom. The Bertz CT molecular complexity index is 2920. The summed E-state index contributed by atoms with van der Waals surface area (Å²) in [5.74, 6) is 0.708. The first-order valence-corrected chi connectivity index (χ1v) is 18.0. The molecule has 0 bridgehead atoms. The SMILES string of the molecule is c1ccc(-c2cc(-c3ccc4c(c3)sc3ccccc34)cc(-c3cc(-c4cccc5ccccc45)nc(-c4ccc5ccccc5c4)n3)c2)cc1. The first kappa shape index (κ1) is 29.5. The molecule has 0 unspecified atom stereocenters. The number of hydrogen-bond acceptors (Lipinski definition) is 3. The van der Waals surface area contributed by atoms with E-state index in [2.05, 4.69) is 182 Å². The van der Waals surface area contributed by atoms with Crippen LogP contribution in [0.5, 0.6) is 0 Å². The maximum Gasteiger partial charge on any atom is 0.160 e. The molecule has 51 heavy (non-hydrogen) atoms. The van der Waals surface area contributed by atoms with E-state index < -0.39 is 0 Å². The minimum Gasteiger partial charge on any atom is -0.228 e. The quantitative estimate of drug-likeness (QED) is 0.183. The number of benzene rings is 8. The molecule has 3 heteroatoms. The molecule has 10 aromatic rings. The summed E-state index contributed by atoms with van der Waals surface area (Å²) in [6.45, 7) is 0. The van der Waals surface area contributed by atoms with Crippen LogP contribution < -0.4 is 0 Å². The summed E-state index contributed by atoms with van der Waals surface area (Å²) in [4.78, 5) is 10.6. The molecule has 0 radical (unpaired) electrons. The molecule has 0 spiro atoms. The lowest BCUT2D eigenvalue weighted by atomic mass is 9.94. The molecule has 2 heterocycles. The molecule has 8 aromatic carbocycles. The number of thiophene rings is 1. The number of nitrogens with zero attached hydrogens (tertiary/aromatic N) is 2. The van der Waals surface area contributed by atoms with Crippen molar-refractivity contribution in [3.8, 4) is 56.2 Å². The third kappa shape index (κ3) is 5.36. The second-order valence-electron chi connectivity index (χ2n) is 13.0. The highest BCUT2D eigenvalue weighted by atomic mass is 32.1. The fourth-order valence-electron chi connectivity index (χ4n) is 7.28.